The molecule has 0 radical (unpaired) electrons. The van der Waals surface area contributed by atoms with E-state index in [1.165, 1.54) is 5.69 Å². The number of hydrogen-bond donors (Lipinski definition) is 1. The van der Waals surface area contributed by atoms with Crippen LogP contribution in [0.5, 0.6) is 5.75 Å². The maximum atomic E-state index is 5.87. The van der Waals surface area contributed by atoms with Gasteiger partial charge >= 0.3 is 0 Å². The van der Waals surface area contributed by atoms with E-state index in [1.54, 1.807) is 7.11 Å². The van der Waals surface area contributed by atoms with Gasteiger partial charge in [0.2, 0.25) is 0 Å². The Labute approximate surface area is 117 Å². The monoisotopic (exact) mass is 265 g/mol. The molecule has 4 nitrogen and oxygen atoms in total. The van der Waals surface area contributed by atoms with Crippen LogP contribution in [0.15, 0.2) is 18.2 Å². The molecule has 4 heteroatoms. The first-order chi connectivity index (χ1) is 8.93. The van der Waals surface area contributed by atoms with Gasteiger partial charge in [-0.15, -0.1) is 0 Å². The summed E-state index contributed by atoms with van der Waals surface area (Å²) in [5.74, 6) is 1.36. The zero-order chi connectivity index (χ0) is 14.4. The van der Waals surface area contributed by atoms with Crippen LogP contribution in [0.4, 0.5) is 11.4 Å². The van der Waals surface area contributed by atoms with Crippen LogP contribution >= 0.6 is 0 Å². The van der Waals surface area contributed by atoms with Gasteiger partial charge < -0.3 is 20.3 Å². The second-order valence-corrected chi connectivity index (χ2v) is 5.57. The topological polar surface area (TPSA) is 41.7 Å². The minimum Gasteiger partial charge on any atom is -0.495 e. The highest BCUT2D eigenvalue weighted by Crippen LogP contribution is 2.27. The fourth-order valence-corrected chi connectivity index (χ4v) is 1.98. The summed E-state index contributed by atoms with van der Waals surface area (Å²) in [7, 11) is 5.84. The van der Waals surface area contributed by atoms with Gasteiger partial charge in [0.15, 0.2) is 0 Å². The lowest BCUT2D eigenvalue weighted by Crippen LogP contribution is -2.34. The summed E-state index contributed by atoms with van der Waals surface area (Å²) < 4.78 is 5.30. The summed E-state index contributed by atoms with van der Waals surface area (Å²) in [6, 6.07) is 6.00. The Kier molecular flexibility index (Phi) is 5.96. The standard InChI is InChI=1S/C15H27N3O/c1-12(2)11-18(9-8-17(3)4)13-6-7-14(16)15(10-13)19-5/h6-7,10,12H,8-9,11,16H2,1-5H3. The van der Waals surface area contributed by atoms with Crippen LogP contribution in [0.2, 0.25) is 0 Å². The number of likely N-dealkylation sites (N-methyl/N-ethyl adjacent to an activating group) is 1. The molecule has 0 saturated carbocycles. The van der Waals surface area contributed by atoms with Gasteiger partial charge in [0.25, 0.3) is 0 Å². The largest absolute Gasteiger partial charge is 0.495 e. The van der Waals surface area contributed by atoms with Gasteiger partial charge in [0.1, 0.15) is 5.75 Å². The van der Waals surface area contributed by atoms with E-state index in [4.69, 9.17) is 10.5 Å². The van der Waals surface area contributed by atoms with E-state index in [0.717, 1.165) is 25.4 Å². The quantitative estimate of drug-likeness (QED) is 0.768. The summed E-state index contributed by atoms with van der Waals surface area (Å²) in [6.07, 6.45) is 0. The van der Waals surface area contributed by atoms with Crippen LogP contribution in [0.1, 0.15) is 13.8 Å². The summed E-state index contributed by atoms with van der Waals surface area (Å²) in [5.41, 5.74) is 7.72. The smallest absolute Gasteiger partial charge is 0.143 e. The Hall–Kier alpha value is -1.42. The molecule has 0 aliphatic heterocycles. The van der Waals surface area contributed by atoms with E-state index >= 15 is 0 Å². The molecule has 0 spiro atoms. The number of benzene rings is 1. The predicted molar refractivity (Wildman–Crippen MR) is 83.0 cm³/mol. The number of ether oxygens (including phenoxy) is 1. The van der Waals surface area contributed by atoms with Crippen LogP contribution in [-0.2, 0) is 0 Å². The lowest BCUT2D eigenvalue weighted by molar-refractivity contribution is 0.407. The Morgan fingerprint density at radius 2 is 1.89 bits per heavy atom. The summed E-state index contributed by atoms with van der Waals surface area (Å²) in [6.45, 7) is 7.52. The average Bonchev–Trinajstić information content (AvgIpc) is 2.34. The van der Waals surface area contributed by atoms with Crippen molar-refractivity contribution in [1.82, 2.24) is 4.90 Å². The molecule has 2 N–H and O–H groups in total. The number of anilines is 2. The van der Waals surface area contributed by atoms with Crippen LogP contribution in [0.3, 0.4) is 0 Å². The van der Waals surface area contributed by atoms with Crippen molar-refractivity contribution >= 4 is 11.4 Å². The molecule has 0 amide bonds. The molecule has 0 unspecified atom stereocenters. The molecule has 1 aromatic rings. The molecule has 0 atom stereocenters. The van der Waals surface area contributed by atoms with Crippen LogP contribution < -0.4 is 15.4 Å². The van der Waals surface area contributed by atoms with Crippen molar-refractivity contribution in [3.8, 4) is 5.75 Å². The second-order valence-electron chi connectivity index (χ2n) is 5.57. The van der Waals surface area contributed by atoms with E-state index in [1.807, 2.05) is 12.1 Å². The van der Waals surface area contributed by atoms with Crippen LogP contribution in [-0.4, -0.2) is 45.7 Å². The van der Waals surface area contributed by atoms with Gasteiger partial charge in [-0.1, -0.05) is 13.8 Å². The first-order valence-corrected chi connectivity index (χ1v) is 6.77. The van der Waals surface area contributed by atoms with Crippen molar-refractivity contribution in [3.63, 3.8) is 0 Å². The molecule has 0 aliphatic rings. The molecule has 0 saturated heterocycles. The van der Waals surface area contributed by atoms with Gasteiger partial charge in [-0.05, 0) is 32.1 Å². The second kappa shape index (κ2) is 7.24. The Morgan fingerprint density at radius 1 is 1.21 bits per heavy atom. The minimum absolute atomic E-state index is 0.616. The zero-order valence-electron chi connectivity index (χ0n) is 12.8. The highest BCUT2D eigenvalue weighted by molar-refractivity contribution is 5.62. The third kappa shape index (κ3) is 4.99. The fourth-order valence-electron chi connectivity index (χ4n) is 1.98. The Balaban J connectivity index is 2.89. The number of nitrogen functional groups attached to an aromatic ring is 1. The molecule has 0 aromatic heterocycles. The van der Waals surface area contributed by atoms with E-state index < -0.39 is 0 Å². The number of hydrogen-bond acceptors (Lipinski definition) is 4. The van der Waals surface area contributed by atoms with Gasteiger partial charge in [-0.2, -0.15) is 0 Å². The summed E-state index contributed by atoms with van der Waals surface area (Å²) in [4.78, 5) is 4.58. The highest BCUT2D eigenvalue weighted by Gasteiger charge is 2.11. The van der Waals surface area contributed by atoms with Gasteiger partial charge in [-0.25, -0.2) is 0 Å². The molecule has 0 fully saturated rings. The molecule has 0 bridgehead atoms. The van der Waals surface area contributed by atoms with Crippen molar-refractivity contribution in [3.05, 3.63) is 18.2 Å². The van der Waals surface area contributed by atoms with Crippen molar-refractivity contribution in [2.45, 2.75) is 13.8 Å². The molecular weight excluding hydrogens is 238 g/mol. The zero-order valence-corrected chi connectivity index (χ0v) is 12.8. The van der Waals surface area contributed by atoms with E-state index in [-0.39, 0.29) is 0 Å². The van der Waals surface area contributed by atoms with Crippen LogP contribution in [0, 0.1) is 5.92 Å². The third-order valence-corrected chi connectivity index (χ3v) is 2.98. The lowest BCUT2D eigenvalue weighted by atomic mass is 10.1. The maximum Gasteiger partial charge on any atom is 0.143 e. The molecular formula is C15H27N3O. The minimum atomic E-state index is 0.616. The van der Waals surface area contributed by atoms with E-state index in [9.17, 15) is 0 Å². The normalized spacial score (nSPS) is 11.1. The number of methoxy groups -OCH3 is 1. The maximum absolute atomic E-state index is 5.87. The van der Waals surface area contributed by atoms with Crippen molar-refractivity contribution < 1.29 is 4.74 Å². The molecule has 1 rings (SSSR count). The van der Waals surface area contributed by atoms with Crippen LogP contribution in [0.25, 0.3) is 0 Å². The number of rotatable bonds is 7. The SMILES string of the molecule is COc1cc(N(CCN(C)C)CC(C)C)ccc1N. The van der Waals surface area contributed by atoms with E-state index in [0.29, 0.717) is 11.6 Å². The lowest BCUT2D eigenvalue weighted by Gasteiger charge is -2.28. The van der Waals surface area contributed by atoms with Gasteiger partial charge in [0.05, 0.1) is 12.8 Å². The Morgan fingerprint density at radius 3 is 2.42 bits per heavy atom. The van der Waals surface area contributed by atoms with Gasteiger partial charge in [-0.3, -0.25) is 0 Å². The summed E-state index contributed by atoms with van der Waals surface area (Å²) in [5, 5.41) is 0. The first kappa shape index (κ1) is 15.6. The number of nitrogens with two attached hydrogens (primary N) is 1. The van der Waals surface area contributed by atoms with Gasteiger partial charge in [0, 0.05) is 31.4 Å². The molecule has 0 aliphatic carbocycles. The first-order valence-electron chi connectivity index (χ1n) is 6.77. The van der Waals surface area contributed by atoms with Crippen molar-refractivity contribution in [2.75, 3.05) is 51.5 Å². The fraction of sp³-hybridized carbons (Fsp3) is 0.600. The molecule has 19 heavy (non-hydrogen) atoms. The van der Waals surface area contributed by atoms with E-state index in [2.05, 4.69) is 43.8 Å². The van der Waals surface area contributed by atoms with Crippen molar-refractivity contribution in [2.24, 2.45) is 5.92 Å². The molecule has 0 heterocycles. The molecule has 1 aromatic carbocycles. The number of nitrogens with zero attached hydrogens (tertiary/aromatic N) is 2. The molecule has 108 valence electrons. The summed E-state index contributed by atoms with van der Waals surface area (Å²) >= 11 is 0. The van der Waals surface area contributed by atoms with Crippen molar-refractivity contribution in [1.29, 1.82) is 0 Å². The average molecular weight is 265 g/mol. The third-order valence-electron chi connectivity index (χ3n) is 2.98. The predicted octanol–water partition coefficient (Wildman–Crippen LogP) is 2.30. The Bertz CT molecular complexity index is 391. The highest BCUT2D eigenvalue weighted by atomic mass is 16.5.